The lowest BCUT2D eigenvalue weighted by atomic mass is 10.2. The number of aromatic nitrogens is 4. The van der Waals surface area contributed by atoms with Gasteiger partial charge in [0, 0.05) is 50.2 Å². The number of anilines is 2. The van der Waals surface area contributed by atoms with E-state index in [0.717, 1.165) is 49.2 Å². The Morgan fingerprint density at radius 2 is 1.64 bits per heavy atom. The van der Waals surface area contributed by atoms with Gasteiger partial charge in [-0.05, 0) is 37.1 Å². The molecule has 1 aliphatic carbocycles. The second kappa shape index (κ2) is 5.68. The first kappa shape index (κ1) is 14.6. The number of nitrogens with zero attached hydrogens (tertiary/aromatic N) is 6. The minimum atomic E-state index is -0.198. The summed E-state index contributed by atoms with van der Waals surface area (Å²) in [6.07, 6.45) is 6.20. The second-order valence-electron chi connectivity index (χ2n) is 6.73. The number of piperazine rings is 1. The minimum absolute atomic E-state index is 0.198. The van der Waals surface area contributed by atoms with Gasteiger partial charge in [0.15, 0.2) is 5.82 Å². The molecule has 6 nitrogen and oxygen atoms in total. The van der Waals surface area contributed by atoms with E-state index in [1.807, 2.05) is 24.5 Å². The molecule has 128 valence electrons. The summed E-state index contributed by atoms with van der Waals surface area (Å²) < 4.78 is 15.2. The van der Waals surface area contributed by atoms with Crippen LogP contribution in [0, 0.1) is 5.82 Å². The number of hydrogen-bond donors (Lipinski definition) is 0. The molecule has 5 rings (SSSR count). The number of rotatable bonds is 3. The lowest BCUT2D eigenvalue weighted by molar-refractivity contribution is 0.624. The summed E-state index contributed by atoms with van der Waals surface area (Å²) in [6.45, 7) is 3.46. The zero-order chi connectivity index (χ0) is 16.8. The van der Waals surface area contributed by atoms with Gasteiger partial charge < -0.3 is 9.80 Å². The quantitative estimate of drug-likeness (QED) is 0.734. The van der Waals surface area contributed by atoms with Crippen molar-refractivity contribution < 1.29 is 4.39 Å². The predicted molar refractivity (Wildman–Crippen MR) is 93.6 cm³/mol. The number of hydrogen-bond acceptors (Lipinski definition) is 5. The molecule has 0 N–H and O–H groups in total. The highest BCUT2D eigenvalue weighted by Gasteiger charge is 2.30. The smallest absolute Gasteiger partial charge is 0.203 e. The lowest BCUT2D eigenvalue weighted by Crippen LogP contribution is -2.47. The molecule has 0 unspecified atom stereocenters. The molecule has 0 bridgehead atoms. The first-order chi connectivity index (χ1) is 12.3. The van der Waals surface area contributed by atoms with Crippen LogP contribution in [-0.2, 0) is 0 Å². The summed E-state index contributed by atoms with van der Waals surface area (Å²) in [5.41, 5.74) is 1.91. The van der Waals surface area contributed by atoms with Crippen LogP contribution >= 0.6 is 0 Å². The van der Waals surface area contributed by atoms with Gasteiger partial charge in [-0.25, -0.2) is 9.37 Å². The minimum Gasteiger partial charge on any atom is -0.368 e. The van der Waals surface area contributed by atoms with Gasteiger partial charge in [0.2, 0.25) is 5.65 Å². The van der Waals surface area contributed by atoms with Gasteiger partial charge in [0.25, 0.3) is 0 Å². The molecule has 2 aromatic heterocycles. The van der Waals surface area contributed by atoms with Gasteiger partial charge in [-0.15, -0.1) is 10.2 Å². The summed E-state index contributed by atoms with van der Waals surface area (Å²) >= 11 is 0. The van der Waals surface area contributed by atoms with Crippen LogP contribution in [0.5, 0.6) is 0 Å². The average Bonchev–Trinajstić information content (AvgIpc) is 3.41. The second-order valence-corrected chi connectivity index (χ2v) is 6.73. The van der Waals surface area contributed by atoms with Crippen LogP contribution in [0.3, 0.4) is 0 Å². The number of halogens is 1. The third-order valence-corrected chi connectivity index (χ3v) is 5.05. The standard InChI is InChI=1S/C18H19FN6/c19-14-3-5-15(6-4-14)23-9-11-24(12-10-23)17-18-22-21-16(13-1-2-13)25(18)8-7-20-17/h3-8,13H,1-2,9-12H2. The topological polar surface area (TPSA) is 49.6 Å². The van der Waals surface area contributed by atoms with E-state index in [2.05, 4.69) is 29.4 Å². The van der Waals surface area contributed by atoms with Crippen molar-refractivity contribution in [1.29, 1.82) is 0 Å². The van der Waals surface area contributed by atoms with Gasteiger partial charge in [0.1, 0.15) is 11.6 Å². The molecule has 3 heterocycles. The van der Waals surface area contributed by atoms with Crippen molar-refractivity contribution in [2.75, 3.05) is 36.0 Å². The first-order valence-electron chi connectivity index (χ1n) is 8.75. The molecule has 2 fully saturated rings. The van der Waals surface area contributed by atoms with Gasteiger partial charge in [-0.2, -0.15) is 0 Å². The predicted octanol–water partition coefficient (Wildman–Crippen LogP) is 2.47. The normalized spacial score (nSPS) is 18.1. The van der Waals surface area contributed by atoms with Crippen LogP contribution in [0.1, 0.15) is 24.6 Å². The van der Waals surface area contributed by atoms with Crippen molar-refractivity contribution in [3.05, 3.63) is 48.3 Å². The van der Waals surface area contributed by atoms with Crippen molar-refractivity contribution >= 4 is 17.2 Å². The highest BCUT2D eigenvalue weighted by Crippen LogP contribution is 2.39. The van der Waals surface area contributed by atoms with E-state index < -0.39 is 0 Å². The molecule has 3 aromatic rings. The van der Waals surface area contributed by atoms with E-state index in [0.29, 0.717) is 5.92 Å². The SMILES string of the molecule is Fc1ccc(N2CCN(c3nccn4c(C5CC5)nnc34)CC2)cc1. The Morgan fingerprint density at radius 1 is 0.920 bits per heavy atom. The molecule has 2 aliphatic rings. The van der Waals surface area contributed by atoms with Gasteiger partial charge in [-0.3, -0.25) is 4.40 Å². The van der Waals surface area contributed by atoms with Crippen LogP contribution in [0.25, 0.3) is 5.65 Å². The molecular formula is C18H19FN6. The largest absolute Gasteiger partial charge is 0.368 e. The maximum absolute atomic E-state index is 13.1. The summed E-state index contributed by atoms with van der Waals surface area (Å²) in [4.78, 5) is 9.11. The van der Waals surface area contributed by atoms with Gasteiger partial charge >= 0.3 is 0 Å². The van der Waals surface area contributed by atoms with Crippen LogP contribution < -0.4 is 9.80 Å². The third kappa shape index (κ3) is 2.59. The molecule has 7 heteroatoms. The van der Waals surface area contributed by atoms with E-state index in [4.69, 9.17) is 0 Å². The monoisotopic (exact) mass is 338 g/mol. The Labute approximate surface area is 144 Å². The Balaban J connectivity index is 1.37. The van der Waals surface area contributed by atoms with E-state index >= 15 is 0 Å². The Morgan fingerprint density at radius 3 is 2.36 bits per heavy atom. The van der Waals surface area contributed by atoms with Gasteiger partial charge in [-0.1, -0.05) is 0 Å². The molecule has 25 heavy (non-hydrogen) atoms. The Bertz CT molecular complexity index is 894. The van der Waals surface area contributed by atoms with E-state index in [1.54, 1.807) is 0 Å². The van der Waals surface area contributed by atoms with E-state index in [-0.39, 0.29) is 5.82 Å². The summed E-state index contributed by atoms with van der Waals surface area (Å²) in [6, 6.07) is 6.70. The van der Waals surface area contributed by atoms with Crippen LogP contribution in [0.4, 0.5) is 15.9 Å². The first-order valence-corrected chi connectivity index (χ1v) is 8.75. The van der Waals surface area contributed by atoms with Gasteiger partial charge in [0.05, 0.1) is 0 Å². The van der Waals surface area contributed by atoms with Crippen molar-refractivity contribution in [2.24, 2.45) is 0 Å². The maximum atomic E-state index is 13.1. The zero-order valence-corrected chi connectivity index (χ0v) is 13.8. The van der Waals surface area contributed by atoms with Crippen molar-refractivity contribution in [1.82, 2.24) is 19.6 Å². The molecule has 1 aliphatic heterocycles. The third-order valence-electron chi connectivity index (χ3n) is 5.05. The number of benzene rings is 1. The fourth-order valence-electron chi connectivity index (χ4n) is 3.50. The molecule has 0 radical (unpaired) electrons. The average molecular weight is 338 g/mol. The van der Waals surface area contributed by atoms with Crippen LogP contribution in [0.15, 0.2) is 36.7 Å². The van der Waals surface area contributed by atoms with Crippen LogP contribution in [0.2, 0.25) is 0 Å². The Hall–Kier alpha value is -2.70. The van der Waals surface area contributed by atoms with Crippen LogP contribution in [-0.4, -0.2) is 45.8 Å². The highest BCUT2D eigenvalue weighted by molar-refractivity contribution is 5.65. The maximum Gasteiger partial charge on any atom is 0.203 e. The molecule has 0 amide bonds. The number of fused-ring (bicyclic) bond motifs is 1. The molecule has 0 spiro atoms. The fourth-order valence-corrected chi connectivity index (χ4v) is 3.50. The summed E-state index contributed by atoms with van der Waals surface area (Å²) in [7, 11) is 0. The molecule has 1 saturated heterocycles. The van der Waals surface area contributed by atoms with E-state index in [1.165, 1.54) is 25.0 Å². The molecule has 0 atom stereocenters. The molecular weight excluding hydrogens is 319 g/mol. The Kier molecular flexibility index (Phi) is 3.33. The zero-order valence-electron chi connectivity index (χ0n) is 13.8. The van der Waals surface area contributed by atoms with E-state index in [9.17, 15) is 4.39 Å². The van der Waals surface area contributed by atoms with Crippen molar-refractivity contribution in [3.63, 3.8) is 0 Å². The summed E-state index contributed by atoms with van der Waals surface area (Å²) in [5.74, 6) is 2.32. The van der Waals surface area contributed by atoms with Crippen molar-refractivity contribution in [2.45, 2.75) is 18.8 Å². The lowest BCUT2D eigenvalue weighted by Gasteiger charge is -2.36. The fraction of sp³-hybridized carbons (Fsp3) is 0.389. The molecule has 1 aromatic carbocycles. The van der Waals surface area contributed by atoms with Crippen molar-refractivity contribution in [3.8, 4) is 0 Å². The summed E-state index contributed by atoms with van der Waals surface area (Å²) in [5, 5.41) is 8.78. The highest BCUT2D eigenvalue weighted by atomic mass is 19.1. The molecule has 1 saturated carbocycles.